The number of carboxylic acid groups (broad SMARTS) is 1. The molecule has 1 aliphatic heterocycles. The molecule has 1 saturated heterocycles. The molecule has 0 radical (unpaired) electrons. The fraction of sp³-hybridized carbons (Fsp3) is 0.412. The molecule has 2 aromatic carbocycles. The van der Waals surface area contributed by atoms with Crippen molar-refractivity contribution in [2.45, 2.75) is 55.8 Å². The van der Waals surface area contributed by atoms with Crippen LogP contribution in [0.2, 0.25) is 0 Å². The lowest BCUT2D eigenvalue weighted by atomic mass is 10.0. The number of pyridine rings is 2. The molecule has 0 amide bonds. The first-order chi connectivity index (χ1) is 25.9. The first kappa shape index (κ1) is 39.4. The topological polar surface area (TPSA) is 165 Å². The molecule has 55 heavy (non-hydrogen) atoms. The Morgan fingerprint density at radius 2 is 1.36 bits per heavy atom. The van der Waals surface area contributed by atoms with Crippen molar-refractivity contribution in [1.29, 1.82) is 0 Å². The third kappa shape index (κ3) is 6.94. The van der Waals surface area contributed by atoms with E-state index in [9.17, 15) is 50.5 Å². The number of carbonyl (C=O) groups excluding carboxylic acids is 1. The smallest absolute Gasteiger partial charge is 0.492 e. The minimum atomic E-state index is -3.48. The lowest BCUT2D eigenvalue weighted by molar-refractivity contribution is 0.0682. The minimum absolute atomic E-state index is 0.0105. The molecule has 13 nitrogen and oxygen atoms in total. The van der Waals surface area contributed by atoms with E-state index in [1.54, 1.807) is 11.8 Å². The number of carboxylic acids is 1. The molecule has 3 aliphatic rings. The van der Waals surface area contributed by atoms with Crippen LogP contribution in [0.15, 0.2) is 34.1 Å². The molecule has 3 heterocycles. The second-order valence-corrected chi connectivity index (χ2v) is 13.5. The number of anilines is 1. The van der Waals surface area contributed by atoms with Gasteiger partial charge in [-0.1, -0.05) is 0 Å². The Morgan fingerprint density at radius 1 is 0.873 bits per heavy atom. The molecule has 0 bridgehead atoms. The van der Waals surface area contributed by atoms with Gasteiger partial charge in [-0.15, -0.1) is 0 Å². The quantitative estimate of drug-likeness (QED) is 0.183. The first-order valence-electron chi connectivity index (χ1n) is 16.5. The Kier molecular flexibility index (Phi) is 10.3. The predicted octanol–water partition coefficient (Wildman–Crippen LogP) is 4.33. The molecule has 7 rings (SSSR count). The largest absolute Gasteiger partial charge is 0.798 e. The average Bonchev–Trinajstić information content (AvgIpc) is 4.01. The normalized spacial score (nSPS) is 24.0. The predicted molar refractivity (Wildman–Crippen MR) is 182 cm³/mol. The van der Waals surface area contributed by atoms with Gasteiger partial charge in [0.2, 0.25) is 16.7 Å². The number of fused-ring (bicyclic) bond motifs is 2. The SMILES string of the molecule is COc1c(F)c(F)cc2c(=O)c(C(=O)OB(F)F)cn(C3C[C@@H]3F)c12.COc1c(N2CC(OC)C(C)(N)C2)c(F)cc2c(=O)c(C(=O)O)cn([C@@H]3C[C@@H]3F)c12. The summed E-state index contributed by atoms with van der Waals surface area (Å²) in [6.07, 6.45) is -0.856. The number of nitrogens with zero attached hydrogens (tertiary/aromatic N) is 3. The van der Waals surface area contributed by atoms with Gasteiger partial charge >= 0.3 is 19.4 Å². The molecule has 2 aliphatic carbocycles. The maximum Gasteiger partial charge on any atom is 0.798 e. The van der Waals surface area contributed by atoms with Crippen LogP contribution in [0, 0.1) is 17.5 Å². The van der Waals surface area contributed by atoms with Crippen LogP contribution in [0.5, 0.6) is 11.5 Å². The summed E-state index contributed by atoms with van der Waals surface area (Å²) in [5.74, 6) is -7.34. The highest BCUT2D eigenvalue weighted by molar-refractivity contribution is 6.38. The van der Waals surface area contributed by atoms with Crippen LogP contribution in [0.1, 0.15) is 52.6 Å². The van der Waals surface area contributed by atoms with Crippen LogP contribution in [0.3, 0.4) is 0 Å². The molecule has 3 unspecified atom stereocenters. The summed E-state index contributed by atoms with van der Waals surface area (Å²) in [4.78, 5) is 50.0. The molecule has 6 atom stereocenters. The van der Waals surface area contributed by atoms with Crippen LogP contribution >= 0.6 is 0 Å². The van der Waals surface area contributed by atoms with Gasteiger partial charge in [0.25, 0.3) is 0 Å². The highest BCUT2D eigenvalue weighted by atomic mass is 19.2. The Hall–Kier alpha value is -5.31. The molecule has 4 aromatic rings. The number of methoxy groups -OCH3 is 3. The number of aromatic nitrogens is 2. The van der Waals surface area contributed by atoms with E-state index in [0.717, 1.165) is 30.1 Å². The number of benzene rings is 2. The van der Waals surface area contributed by atoms with Crippen molar-refractivity contribution in [2.75, 3.05) is 39.3 Å². The zero-order valence-corrected chi connectivity index (χ0v) is 29.4. The van der Waals surface area contributed by atoms with Crippen molar-refractivity contribution < 1.29 is 64.1 Å². The average molecular weight is 784 g/mol. The number of halogens is 7. The van der Waals surface area contributed by atoms with Crippen molar-refractivity contribution in [2.24, 2.45) is 5.73 Å². The van der Waals surface area contributed by atoms with Crippen molar-refractivity contribution in [3.05, 3.63) is 73.6 Å². The van der Waals surface area contributed by atoms with E-state index in [-0.39, 0.29) is 59.9 Å². The van der Waals surface area contributed by atoms with E-state index < -0.39 is 99.9 Å². The third-order valence-electron chi connectivity index (χ3n) is 9.75. The van der Waals surface area contributed by atoms with E-state index in [1.165, 1.54) is 18.8 Å². The van der Waals surface area contributed by atoms with Gasteiger partial charge in [-0.25, -0.2) is 35.8 Å². The minimum Gasteiger partial charge on any atom is -0.492 e. The van der Waals surface area contributed by atoms with Gasteiger partial charge in [-0.2, -0.15) is 4.39 Å². The van der Waals surface area contributed by atoms with Crippen LogP contribution in [-0.2, 0) is 9.39 Å². The second kappa shape index (κ2) is 14.4. The number of ether oxygens (including phenoxy) is 3. The lowest BCUT2D eigenvalue weighted by Crippen LogP contribution is -2.48. The van der Waals surface area contributed by atoms with E-state index in [2.05, 4.69) is 4.65 Å². The van der Waals surface area contributed by atoms with Crippen LogP contribution in [0.25, 0.3) is 21.8 Å². The van der Waals surface area contributed by atoms with E-state index in [0.29, 0.717) is 6.07 Å². The number of aromatic carboxylic acids is 1. The van der Waals surface area contributed by atoms with Gasteiger partial charge in [-0.3, -0.25) is 9.59 Å². The van der Waals surface area contributed by atoms with Gasteiger partial charge in [0.15, 0.2) is 23.1 Å². The molecular formula is C34H32BF7N4O9. The summed E-state index contributed by atoms with van der Waals surface area (Å²) in [5, 5.41) is 8.70. The van der Waals surface area contributed by atoms with Crippen molar-refractivity contribution >= 4 is 46.9 Å². The van der Waals surface area contributed by atoms with Crippen molar-refractivity contribution in [3.8, 4) is 11.5 Å². The van der Waals surface area contributed by atoms with Crippen molar-refractivity contribution in [1.82, 2.24) is 9.13 Å². The Morgan fingerprint density at radius 3 is 1.82 bits per heavy atom. The maximum absolute atomic E-state index is 15.3. The molecule has 21 heteroatoms. The van der Waals surface area contributed by atoms with Gasteiger partial charge in [0, 0.05) is 45.4 Å². The zero-order valence-electron chi connectivity index (χ0n) is 29.4. The molecule has 3 N–H and O–H groups in total. The number of hydrogen-bond donors (Lipinski definition) is 2. The molecule has 2 aromatic heterocycles. The van der Waals surface area contributed by atoms with Gasteiger partial charge in [0.1, 0.15) is 29.2 Å². The molecule has 0 spiro atoms. The number of rotatable bonds is 9. The van der Waals surface area contributed by atoms with Crippen LogP contribution < -0.4 is 31.0 Å². The van der Waals surface area contributed by atoms with Gasteiger partial charge in [-0.05, 0) is 19.1 Å². The number of carbonyl (C=O) groups is 2. The summed E-state index contributed by atoms with van der Waals surface area (Å²) >= 11 is 0. The van der Waals surface area contributed by atoms with E-state index >= 15 is 4.39 Å². The second-order valence-electron chi connectivity index (χ2n) is 13.5. The van der Waals surface area contributed by atoms with E-state index in [1.807, 2.05) is 0 Å². The first-order valence-corrected chi connectivity index (χ1v) is 16.5. The fourth-order valence-corrected chi connectivity index (χ4v) is 6.89. The van der Waals surface area contributed by atoms with Gasteiger partial charge < -0.3 is 43.7 Å². The maximum atomic E-state index is 15.3. The van der Waals surface area contributed by atoms with E-state index in [4.69, 9.17) is 19.9 Å². The molecular weight excluding hydrogens is 752 g/mol. The third-order valence-corrected chi connectivity index (χ3v) is 9.75. The zero-order chi connectivity index (χ0) is 40.4. The summed E-state index contributed by atoms with van der Waals surface area (Å²) in [6, 6.07) is -0.0356. The van der Waals surface area contributed by atoms with Crippen LogP contribution in [-0.4, -0.2) is 92.1 Å². The number of nitrogens with two attached hydrogens (primary N) is 1. The monoisotopic (exact) mass is 784 g/mol. The Labute approximate surface area is 306 Å². The standard InChI is InChI=1S/C20H23F2N3O5.C14H9BF5NO4/c1-20(23)8-24(7-14(20)29-2)16-12(22)4-9-15(18(16)30-3)25(13-5-11(13)21)6-10(17(9)26)19(27)28;1-24-13-10(18)8(17)2-5-11(13)21(9-3-7(9)16)4-6(12(5)22)14(23)25-15(19)20/h4,6,11,13-14H,5,7-8,23H2,1-3H3,(H,27,28);2,4,7,9H,3H2,1H3/t11-,13+,14?,20?;7-,9?/m00/s1. The molecule has 3 fully saturated rings. The summed E-state index contributed by atoms with van der Waals surface area (Å²) in [6.45, 7) is 2.34. The summed E-state index contributed by atoms with van der Waals surface area (Å²) in [7, 11) is 0.381. The highest BCUT2D eigenvalue weighted by Crippen LogP contribution is 2.46. The molecule has 294 valence electrons. The summed E-state index contributed by atoms with van der Waals surface area (Å²) < 4.78 is 117. The fourth-order valence-electron chi connectivity index (χ4n) is 6.89. The van der Waals surface area contributed by atoms with Crippen LogP contribution in [0.4, 0.5) is 36.3 Å². The highest BCUT2D eigenvalue weighted by Gasteiger charge is 2.45. The number of hydrogen-bond acceptors (Lipinski definition) is 10. The molecule has 2 saturated carbocycles. The Balaban J connectivity index is 0.000000190. The van der Waals surface area contributed by atoms with Crippen molar-refractivity contribution in [3.63, 3.8) is 0 Å². The number of alkyl halides is 2. The van der Waals surface area contributed by atoms with Gasteiger partial charge in [0.05, 0.1) is 59.8 Å². The summed E-state index contributed by atoms with van der Waals surface area (Å²) in [5.41, 5.74) is 2.10. The Bertz CT molecular complexity index is 2360. The lowest BCUT2D eigenvalue weighted by Gasteiger charge is -2.25.